The lowest BCUT2D eigenvalue weighted by Gasteiger charge is -2.41. The summed E-state index contributed by atoms with van der Waals surface area (Å²) in [7, 11) is 0. The van der Waals surface area contributed by atoms with E-state index in [2.05, 4.69) is 28.9 Å². The van der Waals surface area contributed by atoms with E-state index in [0.29, 0.717) is 12.6 Å². The van der Waals surface area contributed by atoms with Gasteiger partial charge in [-0.2, -0.15) is 0 Å². The van der Waals surface area contributed by atoms with Gasteiger partial charge in [0.1, 0.15) is 0 Å². The van der Waals surface area contributed by atoms with Crippen molar-refractivity contribution in [2.45, 2.75) is 52.2 Å². The zero-order valence-electron chi connectivity index (χ0n) is 15.1. The van der Waals surface area contributed by atoms with Crippen LogP contribution in [-0.4, -0.2) is 45.9 Å². The van der Waals surface area contributed by atoms with E-state index in [1.165, 1.54) is 5.56 Å². The maximum Gasteiger partial charge on any atom is 0.252 e. The minimum atomic E-state index is -0.163. The molecule has 0 saturated carbocycles. The maximum atomic E-state index is 12.6. The molecule has 1 aromatic carbocycles. The third-order valence-corrected chi connectivity index (χ3v) is 5.75. The quantitative estimate of drug-likeness (QED) is 0.914. The van der Waals surface area contributed by atoms with Crippen LogP contribution >= 0.6 is 0 Å². The third kappa shape index (κ3) is 2.76. The summed E-state index contributed by atoms with van der Waals surface area (Å²) >= 11 is 0. The highest BCUT2D eigenvalue weighted by molar-refractivity contribution is 5.84. The summed E-state index contributed by atoms with van der Waals surface area (Å²) < 4.78 is 0. The minimum absolute atomic E-state index is 0.0482. The van der Waals surface area contributed by atoms with E-state index in [1.54, 1.807) is 0 Å². The Morgan fingerprint density at radius 2 is 2.00 bits per heavy atom. The maximum absolute atomic E-state index is 12.6. The smallest absolute Gasteiger partial charge is 0.252 e. The number of hydrogen-bond acceptors (Lipinski definition) is 3. The number of H-pyrrole nitrogens is 1. The predicted molar refractivity (Wildman–Crippen MR) is 98.6 cm³/mol. The molecule has 1 aromatic heterocycles. The molecule has 3 heterocycles. The monoisotopic (exact) mass is 339 g/mol. The second-order valence-corrected chi connectivity index (χ2v) is 7.60. The van der Waals surface area contributed by atoms with Gasteiger partial charge in [0.15, 0.2) is 0 Å². The third-order valence-electron chi connectivity index (χ3n) is 5.75. The van der Waals surface area contributed by atoms with E-state index in [1.807, 2.05) is 24.8 Å². The van der Waals surface area contributed by atoms with E-state index >= 15 is 0 Å². The fourth-order valence-electron chi connectivity index (χ4n) is 4.41. The molecule has 4 rings (SSSR count). The number of nitrogens with zero attached hydrogens (tertiary/aromatic N) is 2. The molecule has 2 fully saturated rings. The van der Waals surface area contributed by atoms with Gasteiger partial charge in [-0.15, -0.1) is 0 Å². The molecule has 2 aliphatic heterocycles. The Morgan fingerprint density at radius 3 is 2.80 bits per heavy atom. The van der Waals surface area contributed by atoms with Crippen LogP contribution in [-0.2, 0) is 11.3 Å². The van der Waals surface area contributed by atoms with Crippen LogP contribution < -0.4 is 5.56 Å². The second kappa shape index (κ2) is 5.99. The van der Waals surface area contributed by atoms with Crippen molar-refractivity contribution in [2.75, 3.05) is 13.1 Å². The number of aromatic amines is 1. The van der Waals surface area contributed by atoms with Gasteiger partial charge in [-0.1, -0.05) is 11.6 Å². The Morgan fingerprint density at radius 1 is 1.20 bits per heavy atom. The average Bonchev–Trinajstić information content (AvgIpc) is 3.02. The fourth-order valence-corrected chi connectivity index (χ4v) is 4.41. The number of aryl methyl sites for hydroxylation is 2. The Hall–Kier alpha value is -2.14. The van der Waals surface area contributed by atoms with Crippen LogP contribution in [0.2, 0.25) is 0 Å². The number of amides is 1. The lowest BCUT2D eigenvalue weighted by molar-refractivity contribution is -0.143. The van der Waals surface area contributed by atoms with E-state index in [9.17, 15) is 9.59 Å². The summed E-state index contributed by atoms with van der Waals surface area (Å²) in [6, 6.07) is 6.33. The lowest BCUT2D eigenvalue weighted by atomic mass is 10.0. The number of aromatic nitrogens is 1. The summed E-state index contributed by atoms with van der Waals surface area (Å²) in [5.41, 5.74) is 3.87. The van der Waals surface area contributed by atoms with Crippen LogP contribution in [0.5, 0.6) is 0 Å². The predicted octanol–water partition coefficient (Wildman–Crippen LogP) is 2.34. The van der Waals surface area contributed by atoms with Crippen LogP contribution in [0.4, 0.5) is 0 Å². The molecule has 132 valence electrons. The largest absolute Gasteiger partial charge is 0.337 e. The number of hydrogen-bond donors (Lipinski definition) is 1. The van der Waals surface area contributed by atoms with Crippen molar-refractivity contribution in [3.8, 4) is 0 Å². The summed E-state index contributed by atoms with van der Waals surface area (Å²) in [5.74, 6) is 0.206. The molecule has 2 aromatic rings. The van der Waals surface area contributed by atoms with Crippen LogP contribution in [0, 0.1) is 13.8 Å². The zero-order chi connectivity index (χ0) is 17.7. The van der Waals surface area contributed by atoms with Gasteiger partial charge < -0.3 is 9.88 Å². The Balaban J connectivity index is 1.67. The molecule has 2 atom stereocenters. The SMILES string of the molecule is Cc1cc(C)c2[nH]c(=O)c(CN3C[C@@H]4CCCN4C(=O)[C@H]3C)cc2c1. The standard InChI is InChI=1S/C20H25N3O2/c1-12-7-13(2)18-15(8-12)9-16(19(24)21-18)10-22-11-17-5-4-6-23(17)20(25)14(22)3/h7-9,14,17H,4-6,10-11H2,1-3H3,(H,21,24)/t14-,17+/m1/s1. The van der Waals surface area contributed by atoms with Crippen molar-refractivity contribution < 1.29 is 4.79 Å². The number of rotatable bonds is 2. The summed E-state index contributed by atoms with van der Waals surface area (Å²) in [6.45, 7) is 8.31. The van der Waals surface area contributed by atoms with Crippen molar-refractivity contribution >= 4 is 16.8 Å². The highest BCUT2D eigenvalue weighted by Crippen LogP contribution is 2.27. The van der Waals surface area contributed by atoms with Crippen LogP contribution in [0.25, 0.3) is 10.9 Å². The highest BCUT2D eigenvalue weighted by Gasteiger charge is 2.40. The van der Waals surface area contributed by atoms with Gasteiger partial charge in [-0.3, -0.25) is 14.5 Å². The number of pyridine rings is 1. The Kier molecular flexibility index (Phi) is 3.91. The van der Waals surface area contributed by atoms with E-state index in [4.69, 9.17) is 0 Å². The van der Waals surface area contributed by atoms with Gasteiger partial charge >= 0.3 is 0 Å². The molecule has 0 radical (unpaired) electrons. The van der Waals surface area contributed by atoms with Crippen LogP contribution in [0.15, 0.2) is 23.0 Å². The number of carbonyl (C=O) groups is 1. The van der Waals surface area contributed by atoms with Crippen molar-refractivity contribution in [2.24, 2.45) is 0 Å². The van der Waals surface area contributed by atoms with Crippen LogP contribution in [0.1, 0.15) is 36.5 Å². The zero-order valence-corrected chi connectivity index (χ0v) is 15.1. The molecule has 2 aliphatic rings. The van der Waals surface area contributed by atoms with Gasteiger partial charge in [0.25, 0.3) is 5.56 Å². The molecule has 5 heteroatoms. The molecule has 0 bridgehead atoms. The molecule has 0 spiro atoms. The van der Waals surface area contributed by atoms with Crippen molar-refractivity contribution in [1.29, 1.82) is 0 Å². The Bertz CT molecular complexity index is 902. The molecule has 5 nitrogen and oxygen atoms in total. The number of carbonyl (C=O) groups excluding carboxylic acids is 1. The first kappa shape index (κ1) is 16.3. The molecule has 1 N–H and O–H groups in total. The minimum Gasteiger partial charge on any atom is -0.337 e. The van der Waals surface area contributed by atoms with Gasteiger partial charge in [0, 0.05) is 31.2 Å². The van der Waals surface area contributed by atoms with Gasteiger partial charge in [-0.25, -0.2) is 0 Å². The van der Waals surface area contributed by atoms with E-state index in [-0.39, 0.29) is 17.5 Å². The first-order valence-corrected chi connectivity index (χ1v) is 9.12. The molecule has 25 heavy (non-hydrogen) atoms. The normalized spacial score (nSPS) is 24.1. The first-order valence-electron chi connectivity index (χ1n) is 9.12. The van der Waals surface area contributed by atoms with E-state index < -0.39 is 0 Å². The van der Waals surface area contributed by atoms with Crippen molar-refractivity contribution in [3.63, 3.8) is 0 Å². The molecular formula is C20H25N3O2. The summed E-state index contributed by atoms with van der Waals surface area (Å²) in [4.78, 5) is 32.4. The summed E-state index contributed by atoms with van der Waals surface area (Å²) in [6.07, 6.45) is 2.16. The highest BCUT2D eigenvalue weighted by atomic mass is 16.2. The first-order chi connectivity index (χ1) is 11.9. The molecule has 1 amide bonds. The van der Waals surface area contributed by atoms with E-state index in [0.717, 1.165) is 48.0 Å². The molecule has 0 aliphatic carbocycles. The number of piperazine rings is 1. The average molecular weight is 339 g/mol. The summed E-state index contributed by atoms with van der Waals surface area (Å²) in [5, 5.41) is 1.06. The van der Waals surface area contributed by atoms with Gasteiger partial charge in [-0.05, 0) is 56.7 Å². The second-order valence-electron chi connectivity index (χ2n) is 7.60. The fraction of sp³-hybridized carbons (Fsp3) is 0.500. The number of nitrogens with one attached hydrogen (secondary N) is 1. The Labute approximate surface area is 147 Å². The molecular weight excluding hydrogens is 314 g/mol. The number of fused-ring (bicyclic) bond motifs is 2. The number of benzene rings is 1. The van der Waals surface area contributed by atoms with Crippen molar-refractivity contribution in [3.05, 3.63) is 45.2 Å². The topological polar surface area (TPSA) is 56.4 Å². The van der Waals surface area contributed by atoms with Crippen LogP contribution in [0.3, 0.4) is 0 Å². The lowest BCUT2D eigenvalue weighted by Crippen LogP contribution is -2.58. The van der Waals surface area contributed by atoms with Gasteiger partial charge in [0.05, 0.1) is 11.6 Å². The molecule has 2 saturated heterocycles. The molecule has 0 unspecified atom stereocenters. The van der Waals surface area contributed by atoms with Gasteiger partial charge in [0.2, 0.25) is 5.91 Å². The van der Waals surface area contributed by atoms with Crippen molar-refractivity contribution in [1.82, 2.24) is 14.8 Å².